The molecule has 6 heteroatoms. The van der Waals surface area contributed by atoms with E-state index in [0.29, 0.717) is 30.8 Å². The smallest absolute Gasteiger partial charge is 0.261 e. The average Bonchev–Trinajstić information content (AvgIpc) is 3.00. The van der Waals surface area contributed by atoms with Gasteiger partial charge in [-0.05, 0) is 37.1 Å². The zero-order valence-electron chi connectivity index (χ0n) is 11.8. The number of hydrogen-bond donors (Lipinski definition) is 3. The summed E-state index contributed by atoms with van der Waals surface area (Å²) in [5.74, 6) is 0.0793. The first-order valence-electron chi connectivity index (χ1n) is 6.85. The first-order chi connectivity index (χ1) is 10.1. The molecule has 0 spiro atoms. The Balaban J connectivity index is 2.04. The van der Waals surface area contributed by atoms with Crippen molar-refractivity contribution in [2.24, 2.45) is 0 Å². The number of pyridine rings is 1. The van der Waals surface area contributed by atoms with Crippen LogP contribution in [0.15, 0.2) is 39.7 Å². The summed E-state index contributed by atoms with van der Waals surface area (Å²) in [5, 5.41) is 12.0. The van der Waals surface area contributed by atoms with Crippen molar-refractivity contribution in [2.75, 3.05) is 6.54 Å². The molecule has 6 nitrogen and oxygen atoms in total. The van der Waals surface area contributed by atoms with Gasteiger partial charge in [0.15, 0.2) is 0 Å². The lowest BCUT2D eigenvalue weighted by Crippen LogP contribution is -2.31. The zero-order valence-corrected chi connectivity index (χ0v) is 11.8. The Kier molecular flexibility index (Phi) is 4.94. The van der Waals surface area contributed by atoms with Crippen LogP contribution in [0, 0.1) is 0 Å². The number of aliphatic hydroxyl groups excluding tert-OH is 1. The van der Waals surface area contributed by atoms with E-state index < -0.39 is 17.6 Å². The maximum atomic E-state index is 11.9. The molecule has 0 bridgehead atoms. The van der Waals surface area contributed by atoms with E-state index in [0.717, 1.165) is 0 Å². The van der Waals surface area contributed by atoms with Gasteiger partial charge in [0, 0.05) is 6.54 Å². The Morgan fingerprint density at radius 3 is 2.86 bits per heavy atom. The Labute approximate surface area is 121 Å². The standard InChI is InChI=1S/C15H18N2O4/c1-2-10(18)7-8-16-14(19)11-5-6-12(17-15(11)20)13-4-3-9-21-13/h3-6,9-10,18H,2,7-8H2,1H3,(H,16,19)(H,17,20). The Hall–Kier alpha value is -2.34. The SMILES string of the molecule is CCC(O)CCNC(=O)c1ccc(-c2ccco2)[nH]c1=O. The number of aliphatic hydroxyl groups is 1. The number of hydrogen-bond acceptors (Lipinski definition) is 4. The van der Waals surface area contributed by atoms with Gasteiger partial charge < -0.3 is 19.8 Å². The number of carbonyl (C=O) groups is 1. The van der Waals surface area contributed by atoms with E-state index in [1.54, 1.807) is 18.2 Å². The first-order valence-corrected chi connectivity index (χ1v) is 6.85. The van der Waals surface area contributed by atoms with Crippen LogP contribution in [0.4, 0.5) is 0 Å². The summed E-state index contributed by atoms with van der Waals surface area (Å²) < 4.78 is 5.18. The van der Waals surface area contributed by atoms with Crippen LogP contribution in [-0.4, -0.2) is 28.6 Å². The Morgan fingerprint density at radius 2 is 2.24 bits per heavy atom. The predicted octanol–water partition coefficient (Wildman–Crippen LogP) is 1.53. The quantitative estimate of drug-likeness (QED) is 0.751. The highest BCUT2D eigenvalue weighted by Crippen LogP contribution is 2.15. The molecule has 2 heterocycles. The molecule has 0 saturated heterocycles. The lowest BCUT2D eigenvalue weighted by molar-refractivity contribution is 0.0940. The summed E-state index contributed by atoms with van der Waals surface area (Å²) in [7, 11) is 0. The fourth-order valence-electron chi connectivity index (χ4n) is 1.88. The highest BCUT2D eigenvalue weighted by Gasteiger charge is 2.12. The van der Waals surface area contributed by atoms with Crippen LogP contribution in [0.5, 0.6) is 0 Å². The van der Waals surface area contributed by atoms with E-state index in [1.807, 2.05) is 6.92 Å². The monoisotopic (exact) mass is 290 g/mol. The van der Waals surface area contributed by atoms with E-state index in [-0.39, 0.29) is 5.56 Å². The van der Waals surface area contributed by atoms with Crippen molar-refractivity contribution in [1.82, 2.24) is 10.3 Å². The maximum absolute atomic E-state index is 11.9. The summed E-state index contributed by atoms with van der Waals surface area (Å²) in [6, 6.07) is 6.52. The second kappa shape index (κ2) is 6.90. The molecule has 21 heavy (non-hydrogen) atoms. The van der Waals surface area contributed by atoms with Crippen LogP contribution in [0.3, 0.4) is 0 Å². The highest BCUT2D eigenvalue weighted by molar-refractivity contribution is 5.93. The summed E-state index contributed by atoms with van der Waals surface area (Å²) in [6.45, 7) is 2.19. The van der Waals surface area contributed by atoms with Crippen LogP contribution in [0.1, 0.15) is 30.1 Å². The van der Waals surface area contributed by atoms with Crippen molar-refractivity contribution in [3.63, 3.8) is 0 Å². The summed E-state index contributed by atoms with van der Waals surface area (Å²) in [5.41, 5.74) is 0.0803. The minimum atomic E-state index is -0.475. The first kappa shape index (κ1) is 15.1. The summed E-state index contributed by atoms with van der Waals surface area (Å²) >= 11 is 0. The molecule has 0 aliphatic rings. The van der Waals surface area contributed by atoms with Gasteiger partial charge in [-0.15, -0.1) is 0 Å². The summed E-state index contributed by atoms with van der Waals surface area (Å²) in [6.07, 6.45) is 2.16. The van der Waals surface area contributed by atoms with Crippen molar-refractivity contribution < 1.29 is 14.3 Å². The van der Waals surface area contributed by atoms with E-state index in [9.17, 15) is 14.7 Å². The third-order valence-electron chi connectivity index (χ3n) is 3.18. The number of furan rings is 1. The molecule has 2 aromatic heterocycles. The lowest BCUT2D eigenvalue weighted by atomic mass is 10.2. The second-order valence-corrected chi connectivity index (χ2v) is 4.70. The average molecular weight is 290 g/mol. The van der Waals surface area contributed by atoms with Crippen LogP contribution in [0.2, 0.25) is 0 Å². The fourth-order valence-corrected chi connectivity index (χ4v) is 1.88. The molecule has 0 aliphatic carbocycles. The number of carbonyl (C=O) groups excluding carboxylic acids is 1. The minimum absolute atomic E-state index is 0.0382. The van der Waals surface area contributed by atoms with E-state index in [1.165, 1.54) is 12.3 Å². The van der Waals surface area contributed by atoms with Crippen molar-refractivity contribution in [3.05, 3.63) is 46.4 Å². The van der Waals surface area contributed by atoms with Gasteiger partial charge in [-0.3, -0.25) is 9.59 Å². The lowest BCUT2D eigenvalue weighted by Gasteiger charge is -2.08. The maximum Gasteiger partial charge on any atom is 0.261 e. The third-order valence-corrected chi connectivity index (χ3v) is 3.18. The molecular formula is C15H18N2O4. The second-order valence-electron chi connectivity index (χ2n) is 4.70. The molecule has 2 aromatic rings. The number of H-pyrrole nitrogens is 1. The van der Waals surface area contributed by atoms with Gasteiger partial charge in [-0.1, -0.05) is 6.92 Å². The number of aromatic nitrogens is 1. The van der Waals surface area contributed by atoms with Crippen molar-refractivity contribution in [2.45, 2.75) is 25.9 Å². The molecule has 112 valence electrons. The molecule has 1 amide bonds. The number of aromatic amines is 1. The van der Waals surface area contributed by atoms with Gasteiger partial charge in [0.1, 0.15) is 11.3 Å². The van der Waals surface area contributed by atoms with Gasteiger partial charge in [-0.25, -0.2) is 0 Å². The van der Waals surface area contributed by atoms with Gasteiger partial charge in [0.05, 0.1) is 18.1 Å². The molecule has 3 N–H and O–H groups in total. The van der Waals surface area contributed by atoms with Crippen molar-refractivity contribution in [3.8, 4) is 11.5 Å². The predicted molar refractivity (Wildman–Crippen MR) is 78.0 cm³/mol. The number of rotatable bonds is 6. The Morgan fingerprint density at radius 1 is 1.43 bits per heavy atom. The van der Waals surface area contributed by atoms with E-state index in [4.69, 9.17) is 4.42 Å². The molecule has 0 aliphatic heterocycles. The molecule has 0 saturated carbocycles. The van der Waals surface area contributed by atoms with Gasteiger partial charge in [-0.2, -0.15) is 0 Å². The molecule has 0 aromatic carbocycles. The molecule has 0 fully saturated rings. The molecule has 1 unspecified atom stereocenters. The largest absolute Gasteiger partial charge is 0.463 e. The van der Waals surface area contributed by atoms with Crippen molar-refractivity contribution >= 4 is 5.91 Å². The van der Waals surface area contributed by atoms with Gasteiger partial charge >= 0.3 is 0 Å². The van der Waals surface area contributed by atoms with Crippen LogP contribution in [0.25, 0.3) is 11.5 Å². The fraction of sp³-hybridized carbons (Fsp3) is 0.333. The van der Waals surface area contributed by atoms with Crippen LogP contribution in [-0.2, 0) is 0 Å². The molecular weight excluding hydrogens is 272 g/mol. The molecule has 0 radical (unpaired) electrons. The van der Waals surface area contributed by atoms with Gasteiger partial charge in [0.25, 0.3) is 11.5 Å². The van der Waals surface area contributed by atoms with Crippen LogP contribution >= 0.6 is 0 Å². The summed E-state index contributed by atoms with van der Waals surface area (Å²) in [4.78, 5) is 26.4. The minimum Gasteiger partial charge on any atom is -0.463 e. The molecule has 2 rings (SSSR count). The number of amides is 1. The topological polar surface area (TPSA) is 95.3 Å². The third kappa shape index (κ3) is 3.82. The highest BCUT2D eigenvalue weighted by atomic mass is 16.3. The Bertz CT molecular complexity index is 646. The van der Waals surface area contributed by atoms with Gasteiger partial charge in [0.2, 0.25) is 0 Å². The number of nitrogens with one attached hydrogen (secondary N) is 2. The van der Waals surface area contributed by atoms with E-state index >= 15 is 0 Å². The normalized spacial score (nSPS) is 12.1. The molecule has 1 atom stereocenters. The zero-order chi connectivity index (χ0) is 15.2. The van der Waals surface area contributed by atoms with Crippen LogP contribution < -0.4 is 10.9 Å². The van der Waals surface area contributed by atoms with Crippen molar-refractivity contribution in [1.29, 1.82) is 0 Å². The van der Waals surface area contributed by atoms with E-state index in [2.05, 4.69) is 10.3 Å².